The Hall–Kier alpha value is -2.09. The number of thiazole rings is 1. The summed E-state index contributed by atoms with van der Waals surface area (Å²) in [4.78, 5) is 9.89. The molecule has 3 heterocycles. The fourth-order valence-electron chi connectivity index (χ4n) is 2.50. The molecule has 3 aromatic rings. The van der Waals surface area contributed by atoms with Crippen molar-refractivity contribution in [2.45, 2.75) is 32.1 Å². The number of aromatic amines is 1. The number of rotatable bonds is 2. The lowest BCUT2D eigenvalue weighted by Gasteiger charge is -2.15. The number of fused-ring (bicyclic) bond motifs is 1. The van der Waals surface area contributed by atoms with Gasteiger partial charge in [-0.25, -0.2) is 4.98 Å². The molecule has 0 aromatic carbocycles. The molecule has 0 fully saturated rings. The van der Waals surface area contributed by atoms with Crippen molar-refractivity contribution in [2.24, 2.45) is 0 Å². The summed E-state index contributed by atoms with van der Waals surface area (Å²) in [6.07, 6.45) is 4.78. The predicted octanol–water partition coefficient (Wildman–Crippen LogP) is 2.09. The molecule has 20 heavy (non-hydrogen) atoms. The minimum absolute atomic E-state index is 0.0415. The van der Waals surface area contributed by atoms with Crippen LogP contribution in [0.25, 0.3) is 10.8 Å². The van der Waals surface area contributed by atoms with E-state index in [1.54, 1.807) is 11.3 Å². The molecular weight excluding hydrogens is 276 g/mol. The average Bonchev–Trinajstić information content (AvgIpc) is 3.17. The molecule has 0 bridgehead atoms. The van der Waals surface area contributed by atoms with Crippen molar-refractivity contribution < 1.29 is 4.52 Å². The highest BCUT2D eigenvalue weighted by Gasteiger charge is 2.30. The molecule has 0 spiro atoms. The zero-order valence-corrected chi connectivity index (χ0v) is 11.6. The van der Waals surface area contributed by atoms with Crippen molar-refractivity contribution in [3.05, 3.63) is 28.4 Å². The van der Waals surface area contributed by atoms with Crippen molar-refractivity contribution in [3.8, 4) is 10.8 Å². The Morgan fingerprint density at radius 3 is 3.20 bits per heavy atom. The normalized spacial score (nSPS) is 18.1. The summed E-state index contributed by atoms with van der Waals surface area (Å²) in [5.41, 5.74) is 1.94. The van der Waals surface area contributed by atoms with Crippen molar-refractivity contribution in [3.63, 3.8) is 0 Å². The van der Waals surface area contributed by atoms with Gasteiger partial charge >= 0.3 is 0 Å². The van der Waals surface area contributed by atoms with Gasteiger partial charge in [-0.15, -0.1) is 11.3 Å². The molecule has 4 rings (SSSR count). The molecule has 0 saturated carbocycles. The minimum atomic E-state index is 0.0415. The van der Waals surface area contributed by atoms with Gasteiger partial charge in [-0.05, 0) is 26.2 Å². The van der Waals surface area contributed by atoms with Crippen molar-refractivity contribution >= 4 is 11.3 Å². The smallest absolute Gasteiger partial charge is 0.236 e. The molecule has 3 aromatic heterocycles. The molecule has 1 N–H and O–H groups in total. The van der Waals surface area contributed by atoms with Gasteiger partial charge in [0, 0.05) is 11.1 Å². The van der Waals surface area contributed by atoms with Crippen molar-refractivity contribution in [2.75, 3.05) is 0 Å². The first-order chi connectivity index (χ1) is 9.81. The summed E-state index contributed by atoms with van der Waals surface area (Å²) in [7, 11) is 0. The molecule has 7 nitrogen and oxygen atoms in total. The van der Waals surface area contributed by atoms with Gasteiger partial charge in [-0.3, -0.25) is 0 Å². The van der Waals surface area contributed by atoms with Gasteiger partial charge < -0.3 is 4.52 Å². The van der Waals surface area contributed by atoms with E-state index >= 15 is 0 Å². The summed E-state index contributed by atoms with van der Waals surface area (Å²) in [6, 6.07) is 0. The first-order valence-corrected chi connectivity index (χ1v) is 7.29. The maximum Gasteiger partial charge on any atom is 0.236 e. The van der Waals surface area contributed by atoms with Crippen LogP contribution in [0, 0.1) is 6.92 Å². The molecule has 0 saturated heterocycles. The molecule has 0 aliphatic heterocycles. The standard InChI is InChI=1S/C12H12N6OS/c1-6-5-13-12(20-6)10-14-11(19-17-10)7-3-2-4-8-9(7)16-18-15-8/h5,7H,2-4H2,1H3,(H,15,16,18). The van der Waals surface area contributed by atoms with Crippen LogP contribution in [0.4, 0.5) is 0 Å². The van der Waals surface area contributed by atoms with E-state index in [0.29, 0.717) is 11.7 Å². The maximum absolute atomic E-state index is 5.42. The van der Waals surface area contributed by atoms with E-state index in [0.717, 1.165) is 40.5 Å². The highest BCUT2D eigenvalue weighted by atomic mass is 32.1. The van der Waals surface area contributed by atoms with E-state index in [1.807, 2.05) is 13.1 Å². The van der Waals surface area contributed by atoms with E-state index in [1.165, 1.54) is 0 Å². The van der Waals surface area contributed by atoms with Gasteiger partial charge in [0.25, 0.3) is 0 Å². The quantitative estimate of drug-likeness (QED) is 0.776. The van der Waals surface area contributed by atoms with Gasteiger partial charge in [0.15, 0.2) is 5.01 Å². The monoisotopic (exact) mass is 288 g/mol. The molecule has 1 atom stereocenters. The van der Waals surface area contributed by atoms with Crippen LogP contribution in [0.2, 0.25) is 0 Å². The first-order valence-electron chi connectivity index (χ1n) is 6.47. The van der Waals surface area contributed by atoms with E-state index in [2.05, 4.69) is 30.5 Å². The van der Waals surface area contributed by atoms with Crippen LogP contribution >= 0.6 is 11.3 Å². The van der Waals surface area contributed by atoms with Crippen LogP contribution < -0.4 is 0 Å². The lowest BCUT2D eigenvalue weighted by molar-refractivity contribution is 0.352. The van der Waals surface area contributed by atoms with Crippen molar-refractivity contribution in [1.82, 2.24) is 30.5 Å². The molecule has 1 aliphatic carbocycles. The summed E-state index contributed by atoms with van der Waals surface area (Å²) < 4.78 is 5.42. The number of hydrogen-bond acceptors (Lipinski definition) is 7. The number of aromatic nitrogens is 6. The van der Waals surface area contributed by atoms with Gasteiger partial charge in [0.1, 0.15) is 0 Å². The Labute approximate surface area is 118 Å². The molecule has 1 unspecified atom stereocenters. The molecule has 0 radical (unpaired) electrons. The molecule has 102 valence electrons. The predicted molar refractivity (Wildman–Crippen MR) is 71.3 cm³/mol. The SMILES string of the molecule is Cc1cnc(-c2noc(C3CCCc4n[nH]nc43)n2)s1. The third-order valence-corrected chi connectivity index (χ3v) is 4.35. The molecular formula is C12H12N6OS. The number of hydrogen-bond donors (Lipinski definition) is 1. The number of aryl methyl sites for hydroxylation is 2. The van der Waals surface area contributed by atoms with Crippen LogP contribution in [-0.2, 0) is 6.42 Å². The van der Waals surface area contributed by atoms with E-state index in [4.69, 9.17) is 4.52 Å². The Bertz CT molecular complexity index is 745. The van der Waals surface area contributed by atoms with Crippen LogP contribution in [0.15, 0.2) is 10.7 Å². The zero-order chi connectivity index (χ0) is 13.5. The van der Waals surface area contributed by atoms with Gasteiger partial charge in [-0.1, -0.05) is 5.16 Å². The second kappa shape index (κ2) is 4.48. The summed E-state index contributed by atoms with van der Waals surface area (Å²) >= 11 is 1.56. The lowest BCUT2D eigenvalue weighted by atomic mass is 9.90. The fourth-order valence-corrected chi connectivity index (χ4v) is 3.19. The van der Waals surface area contributed by atoms with Gasteiger partial charge in [0.05, 0.1) is 17.3 Å². The lowest BCUT2D eigenvalue weighted by Crippen LogP contribution is -2.11. The second-order valence-electron chi connectivity index (χ2n) is 4.83. The van der Waals surface area contributed by atoms with Crippen LogP contribution in [0.1, 0.15) is 40.9 Å². The van der Waals surface area contributed by atoms with Crippen LogP contribution in [-0.4, -0.2) is 30.5 Å². The highest BCUT2D eigenvalue weighted by molar-refractivity contribution is 7.14. The number of H-pyrrole nitrogens is 1. The second-order valence-corrected chi connectivity index (χ2v) is 6.07. The van der Waals surface area contributed by atoms with Crippen LogP contribution in [0.5, 0.6) is 0 Å². The van der Waals surface area contributed by atoms with Crippen molar-refractivity contribution in [1.29, 1.82) is 0 Å². The Morgan fingerprint density at radius 2 is 2.35 bits per heavy atom. The zero-order valence-electron chi connectivity index (χ0n) is 10.8. The Morgan fingerprint density at radius 1 is 1.40 bits per heavy atom. The minimum Gasteiger partial charge on any atom is -0.338 e. The molecule has 0 amide bonds. The highest BCUT2D eigenvalue weighted by Crippen LogP contribution is 2.34. The molecule has 8 heteroatoms. The summed E-state index contributed by atoms with van der Waals surface area (Å²) in [6.45, 7) is 2.00. The summed E-state index contributed by atoms with van der Waals surface area (Å²) in [5, 5.41) is 15.9. The van der Waals surface area contributed by atoms with E-state index in [9.17, 15) is 0 Å². The fraction of sp³-hybridized carbons (Fsp3) is 0.417. The third-order valence-electron chi connectivity index (χ3n) is 3.44. The Balaban J connectivity index is 1.70. The summed E-state index contributed by atoms with van der Waals surface area (Å²) in [5.74, 6) is 1.19. The Kier molecular flexibility index (Phi) is 2.62. The topological polar surface area (TPSA) is 93.4 Å². The third kappa shape index (κ3) is 1.83. The number of nitrogens with zero attached hydrogens (tertiary/aromatic N) is 5. The number of nitrogens with one attached hydrogen (secondary N) is 1. The van der Waals surface area contributed by atoms with Gasteiger partial charge in [0.2, 0.25) is 11.7 Å². The van der Waals surface area contributed by atoms with E-state index < -0.39 is 0 Å². The largest absolute Gasteiger partial charge is 0.338 e. The average molecular weight is 288 g/mol. The van der Waals surface area contributed by atoms with Gasteiger partial charge in [-0.2, -0.15) is 20.4 Å². The molecule has 1 aliphatic rings. The first kappa shape index (κ1) is 11.7. The van der Waals surface area contributed by atoms with E-state index in [-0.39, 0.29) is 5.92 Å². The maximum atomic E-state index is 5.42. The van der Waals surface area contributed by atoms with Crippen LogP contribution in [0.3, 0.4) is 0 Å².